The number of amides is 1. The van der Waals surface area contributed by atoms with E-state index >= 15 is 0 Å². The zero-order chi connectivity index (χ0) is 21.6. The van der Waals surface area contributed by atoms with Crippen molar-refractivity contribution in [3.05, 3.63) is 89.7 Å². The number of sulfonamides is 1. The summed E-state index contributed by atoms with van der Waals surface area (Å²) in [5.74, 6) is -0.119. The minimum Gasteiger partial charge on any atom is -0.494 e. The predicted octanol–water partition coefficient (Wildman–Crippen LogP) is 3.96. The van der Waals surface area contributed by atoms with Crippen molar-refractivity contribution in [2.45, 2.75) is 18.4 Å². The Morgan fingerprint density at radius 2 is 1.70 bits per heavy atom. The van der Waals surface area contributed by atoms with Gasteiger partial charge in [0.05, 0.1) is 11.5 Å². The van der Waals surface area contributed by atoms with E-state index in [4.69, 9.17) is 4.74 Å². The van der Waals surface area contributed by atoms with Gasteiger partial charge in [-0.15, -0.1) is 0 Å². The molecule has 3 aromatic rings. The van der Waals surface area contributed by atoms with Crippen LogP contribution in [0.2, 0.25) is 0 Å². The minimum atomic E-state index is -3.93. The van der Waals surface area contributed by atoms with Gasteiger partial charge in [0.15, 0.2) is 0 Å². The summed E-state index contributed by atoms with van der Waals surface area (Å²) in [5.41, 5.74) is 1.32. The zero-order valence-electron chi connectivity index (χ0n) is 16.3. The molecule has 0 atom stereocenters. The number of benzene rings is 3. The highest BCUT2D eigenvalue weighted by molar-refractivity contribution is 7.92. The van der Waals surface area contributed by atoms with E-state index in [9.17, 15) is 17.6 Å². The van der Waals surface area contributed by atoms with Gasteiger partial charge >= 0.3 is 0 Å². The molecule has 156 valence electrons. The maximum Gasteiger partial charge on any atom is 0.261 e. The molecular formula is C22H21FN2O4S. The first-order valence-corrected chi connectivity index (χ1v) is 10.7. The number of ether oxygens (including phenoxy) is 1. The maximum absolute atomic E-state index is 13.0. The normalized spacial score (nSPS) is 11.0. The van der Waals surface area contributed by atoms with Crippen LogP contribution in [-0.4, -0.2) is 20.9 Å². The van der Waals surface area contributed by atoms with E-state index in [-0.39, 0.29) is 22.7 Å². The third-order valence-corrected chi connectivity index (χ3v) is 5.57. The molecule has 0 aliphatic heterocycles. The van der Waals surface area contributed by atoms with Crippen molar-refractivity contribution >= 4 is 21.6 Å². The van der Waals surface area contributed by atoms with Gasteiger partial charge in [-0.2, -0.15) is 0 Å². The van der Waals surface area contributed by atoms with Gasteiger partial charge in [0, 0.05) is 17.8 Å². The third kappa shape index (κ3) is 5.57. The highest BCUT2D eigenvalue weighted by Gasteiger charge is 2.16. The molecular weight excluding hydrogens is 407 g/mol. The summed E-state index contributed by atoms with van der Waals surface area (Å²) >= 11 is 0. The van der Waals surface area contributed by atoms with Crippen molar-refractivity contribution in [1.82, 2.24) is 5.32 Å². The quantitative estimate of drug-likeness (QED) is 0.569. The van der Waals surface area contributed by atoms with Crippen LogP contribution >= 0.6 is 0 Å². The third-order valence-electron chi connectivity index (χ3n) is 4.19. The SMILES string of the molecule is CCOc1ccc(CNC(=O)c2cccc(S(=O)(=O)Nc3ccc(F)cc3)c2)cc1. The molecule has 0 aliphatic rings. The van der Waals surface area contributed by atoms with Crippen LogP contribution < -0.4 is 14.8 Å². The first-order valence-electron chi connectivity index (χ1n) is 9.26. The van der Waals surface area contributed by atoms with Gasteiger partial charge in [-0.3, -0.25) is 9.52 Å². The molecule has 0 bridgehead atoms. The van der Waals surface area contributed by atoms with Crippen LogP contribution in [0.15, 0.2) is 77.7 Å². The predicted molar refractivity (Wildman–Crippen MR) is 112 cm³/mol. The van der Waals surface area contributed by atoms with Crippen molar-refractivity contribution in [3.63, 3.8) is 0 Å². The number of rotatable bonds is 8. The second-order valence-corrected chi connectivity index (χ2v) is 8.08. The second kappa shape index (κ2) is 9.41. The van der Waals surface area contributed by atoms with Crippen LogP contribution in [0, 0.1) is 5.82 Å². The Kier molecular flexibility index (Phi) is 6.68. The molecule has 8 heteroatoms. The number of anilines is 1. The summed E-state index contributed by atoms with van der Waals surface area (Å²) in [4.78, 5) is 12.4. The molecule has 2 N–H and O–H groups in total. The Balaban J connectivity index is 1.67. The molecule has 0 unspecified atom stereocenters. The van der Waals surface area contributed by atoms with Crippen molar-refractivity contribution < 1.29 is 22.3 Å². The number of carbonyl (C=O) groups is 1. The summed E-state index contributed by atoms with van der Waals surface area (Å²) in [5, 5.41) is 2.76. The van der Waals surface area contributed by atoms with Gasteiger partial charge < -0.3 is 10.1 Å². The number of halogens is 1. The van der Waals surface area contributed by atoms with E-state index in [1.54, 1.807) is 0 Å². The molecule has 3 rings (SSSR count). The topological polar surface area (TPSA) is 84.5 Å². The van der Waals surface area contributed by atoms with Gasteiger partial charge in [-0.25, -0.2) is 12.8 Å². The monoisotopic (exact) mass is 428 g/mol. The Labute approximate surface area is 174 Å². The molecule has 0 aliphatic carbocycles. The Morgan fingerprint density at radius 1 is 1.00 bits per heavy atom. The van der Waals surface area contributed by atoms with E-state index in [1.807, 2.05) is 31.2 Å². The fraction of sp³-hybridized carbons (Fsp3) is 0.136. The summed E-state index contributed by atoms with van der Waals surface area (Å²) in [6, 6.07) is 18.0. The van der Waals surface area contributed by atoms with E-state index in [2.05, 4.69) is 10.0 Å². The second-order valence-electron chi connectivity index (χ2n) is 6.40. The molecule has 0 spiro atoms. The molecule has 0 saturated heterocycles. The lowest BCUT2D eigenvalue weighted by molar-refractivity contribution is 0.0950. The molecule has 0 radical (unpaired) electrons. The molecule has 0 saturated carbocycles. The molecule has 0 fully saturated rings. The van der Waals surface area contributed by atoms with Crippen molar-refractivity contribution in [2.24, 2.45) is 0 Å². The maximum atomic E-state index is 13.0. The number of nitrogens with one attached hydrogen (secondary N) is 2. The minimum absolute atomic E-state index is 0.0689. The Bertz CT molecular complexity index is 1110. The lowest BCUT2D eigenvalue weighted by Crippen LogP contribution is -2.23. The zero-order valence-corrected chi connectivity index (χ0v) is 17.1. The van der Waals surface area contributed by atoms with E-state index < -0.39 is 21.7 Å². The van der Waals surface area contributed by atoms with Crippen LogP contribution in [0.1, 0.15) is 22.8 Å². The number of carbonyl (C=O) groups excluding carboxylic acids is 1. The van der Waals surface area contributed by atoms with Crippen LogP contribution in [0.5, 0.6) is 5.75 Å². The molecule has 6 nitrogen and oxygen atoms in total. The van der Waals surface area contributed by atoms with Gasteiger partial charge in [-0.05, 0) is 67.1 Å². The van der Waals surface area contributed by atoms with E-state index in [1.165, 1.54) is 36.4 Å². The molecule has 1 amide bonds. The van der Waals surface area contributed by atoms with Crippen LogP contribution in [0.25, 0.3) is 0 Å². The summed E-state index contributed by atoms with van der Waals surface area (Å²) in [6.07, 6.45) is 0. The van der Waals surface area contributed by atoms with Crippen molar-refractivity contribution in [3.8, 4) is 5.75 Å². The largest absolute Gasteiger partial charge is 0.494 e. The number of hydrogen-bond acceptors (Lipinski definition) is 4. The fourth-order valence-corrected chi connectivity index (χ4v) is 3.80. The fourth-order valence-electron chi connectivity index (χ4n) is 2.69. The van der Waals surface area contributed by atoms with Crippen LogP contribution in [0.3, 0.4) is 0 Å². The molecule has 0 heterocycles. The Hall–Kier alpha value is -3.39. The standard InChI is InChI=1S/C22H21FN2O4S/c1-2-29-20-12-6-16(7-13-20)15-24-22(26)17-4-3-5-21(14-17)30(27,28)25-19-10-8-18(23)9-11-19/h3-14,25H,2,15H2,1H3,(H,24,26). The van der Waals surface area contributed by atoms with Gasteiger partial charge in [-0.1, -0.05) is 18.2 Å². The summed E-state index contributed by atoms with van der Waals surface area (Å²) in [6.45, 7) is 2.76. The van der Waals surface area contributed by atoms with Crippen molar-refractivity contribution in [1.29, 1.82) is 0 Å². The average molecular weight is 428 g/mol. The molecule has 0 aromatic heterocycles. The lowest BCUT2D eigenvalue weighted by atomic mass is 10.2. The van der Waals surface area contributed by atoms with Crippen LogP contribution in [0.4, 0.5) is 10.1 Å². The summed E-state index contributed by atoms with van der Waals surface area (Å²) < 4.78 is 45.9. The van der Waals surface area contributed by atoms with E-state index in [0.717, 1.165) is 23.4 Å². The lowest BCUT2D eigenvalue weighted by Gasteiger charge is -2.10. The van der Waals surface area contributed by atoms with Gasteiger partial charge in [0.25, 0.3) is 15.9 Å². The smallest absolute Gasteiger partial charge is 0.261 e. The highest BCUT2D eigenvalue weighted by atomic mass is 32.2. The highest BCUT2D eigenvalue weighted by Crippen LogP contribution is 2.18. The first kappa shape index (κ1) is 21.3. The first-order chi connectivity index (χ1) is 14.4. The number of hydrogen-bond donors (Lipinski definition) is 2. The van der Waals surface area contributed by atoms with Crippen LogP contribution in [-0.2, 0) is 16.6 Å². The molecule has 3 aromatic carbocycles. The Morgan fingerprint density at radius 3 is 2.37 bits per heavy atom. The molecule has 30 heavy (non-hydrogen) atoms. The van der Waals surface area contributed by atoms with E-state index in [0.29, 0.717) is 6.61 Å². The van der Waals surface area contributed by atoms with Gasteiger partial charge in [0.2, 0.25) is 0 Å². The average Bonchev–Trinajstić information content (AvgIpc) is 2.75. The van der Waals surface area contributed by atoms with Gasteiger partial charge in [0.1, 0.15) is 11.6 Å². The summed E-state index contributed by atoms with van der Waals surface area (Å²) in [7, 11) is -3.93. The van der Waals surface area contributed by atoms with Crippen molar-refractivity contribution in [2.75, 3.05) is 11.3 Å².